The average molecular weight is 285 g/mol. The normalized spacial score (nSPS) is 29.6. The summed E-state index contributed by atoms with van der Waals surface area (Å²) in [6.45, 7) is 0.877. The number of nitrogens with one attached hydrogen (secondary N) is 2. The minimum absolute atomic E-state index is 0.0943. The van der Waals surface area contributed by atoms with E-state index in [0.717, 1.165) is 0 Å². The summed E-state index contributed by atoms with van der Waals surface area (Å²) in [5.74, 6) is -1.07. The number of hydrogen-bond acceptors (Lipinski definition) is 4. The molecule has 2 rings (SSSR count). The molecule has 0 radical (unpaired) electrons. The molecule has 3 N–H and O–H groups in total. The Labute approximate surface area is 116 Å². The molecule has 3 amide bonds. The molecule has 0 spiro atoms. The summed E-state index contributed by atoms with van der Waals surface area (Å²) in [6.07, 6.45) is 0.583. The fourth-order valence-corrected chi connectivity index (χ4v) is 2.41. The van der Waals surface area contributed by atoms with Gasteiger partial charge < -0.3 is 25.4 Å². The number of hydrogen-bond donors (Lipinski definition) is 3. The van der Waals surface area contributed by atoms with E-state index in [-0.39, 0.29) is 18.6 Å². The first-order valence-electron chi connectivity index (χ1n) is 6.65. The molecular formula is C12H19N3O5. The molecule has 8 heteroatoms. The number of carboxylic acid groups (broad SMARTS) is 1. The second kappa shape index (κ2) is 6.08. The van der Waals surface area contributed by atoms with Crippen molar-refractivity contribution in [3.8, 4) is 0 Å². The van der Waals surface area contributed by atoms with Gasteiger partial charge in [-0.25, -0.2) is 9.59 Å². The summed E-state index contributed by atoms with van der Waals surface area (Å²) in [6, 6.07) is -0.905. The molecule has 2 heterocycles. The SMILES string of the molecule is CN1CCC(NC(=O)NCC2CCC(C(=O)O)O2)C1=O. The van der Waals surface area contributed by atoms with E-state index in [2.05, 4.69) is 10.6 Å². The molecule has 0 saturated carbocycles. The second-order valence-corrected chi connectivity index (χ2v) is 5.12. The predicted molar refractivity (Wildman–Crippen MR) is 68.1 cm³/mol. The lowest BCUT2D eigenvalue weighted by Crippen LogP contribution is -2.47. The monoisotopic (exact) mass is 285 g/mol. The number of aliphatic carboxylic acids is 1. The maximum Gasteiger partial charge on any atom is 0.332 e. The first-order valence-corrected chi connectivity index (χ1v) is 6.65. The molecule has 3 unspecified atom stereocenters. The lowest BCUT2D eigenvalue weighted by atomic mass is 10.2. The van der Waals surface area contributed by atoms with Gasteiger partial charge in [-0.15, -0.1) is 0 Å². The summed E-state index contributed by atoms with van der Waals surface area (Å²) in [4.78, 5) is 35.6. The number of likely N-dealkylation sites (N-methyl/N-ethyl adjacent to an activating group) is 1. The molecule has 0 bridgehead atoms. The van der Waals surface area contributed by atoms with Crippen LogP contribution in [-0.4, -0.2) is 66.3 Å². The maximum atomic E-state index is 11.7. The van der Waals surface area contributed by atoms with Crippen LogP contribution < -0.4 is 10.6 Å². The van der Waals surface area contributed by atoms with Crippen molar-refractivity contribution in [2.24, 2.45) is 0 Å². The Morgan fingerprint density at radius 3 is 2.70 bits per heavy atom. The zero-order valence-corrected chi connectivity index (χ0v) is 11.3. The third-order valence-corrected chi connectivity index (χ3v) is 3.61. The Balaban J connectivity index is 1.68. The third-order valence-electron chi connectivity index (χ3n) is 3.61. The highest BCUT2D eigenvalue weighted by atomic mass is 16.5. The molecule has 8 nitrogen and oxygen atoms in total. The van der Waals surface area contributed by atoms with Gasteiger partial charge in [0.1, 0.15) is 6.04 Å². The van der Waals surface area contributed by atoms with Crippen LogP contribution >= 0.6 is 0 Å². The minimum atomic E-state index is -0.975. The molecule has 0 aromatic carbocycles. The van der Waals surface area contributed by atoms with Gasteiger partial charge in [-0.3, -0.25) is 4.79 Å². The van der Waals surface area contributed by atoms with Gasteiger partial charge in [-0.1, -0.05) is 0 Å². The number of amides is 3. The molecule has 2 saturated heterocycles. The summed E-state index contributed by atoms with van der Waals surface area (Å²) < 4.78 is 5.26. The van der Waals surface area contributed by atoms with Crippen molar-refractivity contribution in [3.05, 3.63) is 0 Å². The zero-order chi connectivity index (χ0) is 14.7. The van der Waals surface area contributed by atoms with Crippen LogP contribution in [0.3, 0.4) is 0 Å². The highest BCUT2D eigenvalue weighted by Crippen LogP contribution is 2.19. The average Bonchev–Trinajstić information content (AvgIpc) is 2.99. The lowest BCUT2D eigenvalue weighted by molar-refractivity contribution is -0.149. The van der Waals surface area contributed by atoms with Crippen LogP contribution in [0.5, 0.6) is 0 Å². The predicted octanol–water partition coefficient (Wildman–Crippen LogP) is -0.851. The number of urea groups is 1. The van der Waals surface area contributed by atoms with Crippen molar-refractivity contribution >= 4 is 17.9 Å². The van der Waals surface area contributed by atoms with Gasteiger partial charge in [-0.05, 0) is 19.3 Å². The molecule has 2 aliphatic rings. The van der Waals surface area contributed by atoms with Gasteiger partial charge in [0.25, 0.3) is 0 Å². The summed E-state index contributed by atoms with van der Waals surface area (Å²) in [5, 5.41) is 14.0. The van der Waals surface area contributed by atoms with E-state index in [0.29, 0.717) is 25.8 Å². The number of carbonyl (C=O) groups excluding carboxylic acids is 2. The Morgan fingerprint density at radius 1 is 1.40 bits per heavy atom. The van der Waals surface area contributed by atoms with Gasteiger partial charge in [0, 0.05) is 20.1 Å². The molecular weight excluding hydrogens is 266 g/mol. The van der Waals surface area contributed by atoms with Crippen LogP contribution in [0.4, 0.5) is 4.79 Å². The summed E-state index contributed by atoms with van der Waals surface area (Å²) in [5.41, 5.74) is 0. The fraction of sp³-hybridized carbons (Fsp3) is 0.750. The number of carboxylic acids is 1. The largest absolute Gasteiger partial charge is 0.479 e. The van der Waals surface area contributed by atoms with Crippen molar-refractivity contribution in [1.82, 2.24) is 15.5 Å². The number of rotatable bonds is 4. The van der Waals surface area contributed by atoms with Crippen molar-refractivity contribution in [3.63, 3.8) is 0 Å². The van der Waals surface area contributed by atoms with E-state index >= 15 is 0 Å². The van der Waals surface area contributed by atoms with E-state index in [1.165, 1.54) is 0 Å². The van der Waals surface area contributed by atoms with Crippen LogP contribution in [0.2, 0.25) is 0 Å². The van der Waals surface area contributed by atoms with Crippen molar-refractivity contribution in [1.29, 1.82) is 0 Å². The molecule has 0 aromatic rings. The quantitative estimate of drug-likeness (QED) is 0.623. The van der Waals surface area contributed by atoms with Crippen molar-refractivity contribution < 1.29 is 24.2 Å². The van der Waals surface area contributed by atoms with Gasteiger partial charge >= 0.3 is 12.0 Å². The van der Waals surface area contributed by atoms with E-state index < -0.39 is 24.1 Å². The highest BCUT2D eigenvalue weighted by molar-refractivity contribution is 5.88. The Bertz CT molecular complexity index is 414. The van der Waals surface area contributed by atoms with E-state index in [1.807, 2.05) is 0 Å². The van der Waals surface area contributed by atoms with Crippen LogP contribution in [0.1, 0.15) is 19.3 Å². The van der Waals surface area contributed by atoms with Gasteiger partial charge in [0.2, 0.25) is 5.91 Å². The molecule has 2 aliphatic heterocycles. The number of nitrogens with zero attached hydrogens (tertiary/aromatic N) is 1. The Morgan fingerprint density at radius 2 is 2.15 bits per heavy atom. The topological polar surface area (TPSA) is 108 Å². The fourth-order valence-electron chi connectivity index (χ4n) is 2.41. The smallest absolute Gasteiger partial charge is 0.332 e. The zero-order valence-electron chi connectivity index (χ0n) is 11.3. The number of ether oxygens (including phenoxy) is 1. The molecule has 3 atom stereocenters. The molecule has 112 valence electrons. The molecule has 20 heavy (non-hydrogen) atoms. The maximum absolute atomic E-state index is 11.7. The Kier molecular flexibility index (Phi) is 4.43. The van der Waals surface area contributed by atoms with Crippen LogP contribution in [0.25, 0.3) is 0 Å². The minimum Gasteiger partial charge on any atom is -0.479 e. The van der Waals surface area contributed by atoms with Crippen LogP contribution in [-0.2, 0) is 14.3 Å². The summed E-state index contributed by atoms with van der Waals surface area (Å²) in [7, 11) is 1.69. The molecule has 2 fully saturated rings. The van der Waals surface area contributed by atoms with Gasteiger partial charge in [0.15, 0.2) is 6.10 Å². The molecule has 0 aromatic heterocycles. The third kappa shape index (κ3) is 3.38. The van der Waals surface area contributed by atoms with Gasteiger partial charge in [0.05, 0.1) is 6.10 Å². The van der Waals surface area contributed by atoms with Crippen molar-refractivity contribution in [2.75, 3.05) is 20.1 Å². The van der Waals surface area contributed by atoms with Crippen molar-refractivity contribution in [2.45, 2.75) is 37.5 Å². The van der Waals surface area contributed by atoms with Gasteiger partial charge in [-0.2, -0.15) is 0 Å². The lowest BCUT2D eigenvalue weighted by Gasteiger charge is -2.15. The van der Waals surface area contributed by atoms with E-state index in [4.69, 9.17) is 9.84 Å². The highest BCUT2D eigenvalue weighted by Gasteiger charge is 2.32. The first-order chi connectivity index (χ1) is 9.47. The van der Waals surface area contributed by atoms with E-state index in [1.54, 1.807) is 11.9 Å². The number of likely N-dealkylation sites (tertiary alicyclic amines) is 1. The van der Waals surface area contributed by atoms with Crippen LogP contribution in [0, 0.1) is 0 Å². The summed E-state index contributed by atoms with van der Waals surface area (Å²) >= 11 is 0. The Hall–Kier alpha value is -1.83. The standard InChI is InChI=1S/C12H19N3O5/c1-15-5-4-8(10(15)16)14-12(19)13-6-7-2-3-9(20-7)11(17)18/h7-9H,2-6H2,1H3,(H,17,18)(H2,13,14,19). The first kappa shape index (κ1) is 14.6. The van der Waals surface area contributed by atoms with Crippen LogP contribution in [0.15, 0.2) is 0 Å². The second-order valence-electron chi connectivity index (χ2n) is 5.12. The van der Waals surface area contributed by atoms with E-state index in [9.17, 15) is 14.4 Å². The molecule has 0 aliphatic carbocycles. The number of carbonyl (C=O) groups is 3.